The lowest BCUT2D eigenvalue weighted by Crippen LogP contribution is -1.93. The van der Waals surface area contributed by atoms with Crippen molar-refractivity contribution in [3.63, 3.8) is 0 Å². The molecule has 0 unspecified atom stereocenters. The van der Waals surface area contributed by atoms with E-state index in [0.717, 1.165) is 0 Å². The molecule has 0 aliphatic heterocycles. The molecule has 1 heterocycles. The van der Waals surface area contributed by atoms with E-state index in [1.807, 2.05) is 19.1 Å². The van der Waals surface area contributed by atoms with E-state index in [0.29, 0.717) is 12.3 Å². The van der Waals surface area contributed by atoms with Crippen LogP contribution < -0.4 is 4.74 Å². The fourth-order valence-electron chi connectivity index (χ4n) is 0.643. The number of aliphatic hydroxyl groups is 1. The predicted molar refractivity (Wildman–Crippen MR) is 42.7 cm³/mol. The first-order chi connectivity index (χ1) is 5.86. The van der Waals surface area contributed by atoms with Gasteiger partial charge in [-0.25, -0.2) is 0 Å². The van der Waals surface area contributed by atoms with Crippen LogP contribution in [0.1, 0.15) is 12.6 Å². The van der Waals surface area contributed by atoms with Gasteiger partial charge in [-0.3, -0.25) is 0 Å². The number of ether oxygens (including phenoxy) is 1. The zero-order valence-electron chi connectivity index (χ0n) is 6.86. The summed E-state index contributed by atoms with van der Waals surface area (Å²) in [5, 5.41) is 8.63. The number of allylic oxidation sites excluding steroid dienone is 1. The van der Waals surface area contributed by atoms with Gasteiger partial charge >= 0.3 is 6.08 Å². The minimum atomic E-state index is -0.128. The summed E-state index contributed by atoms with van der Waals surface area (Å²) in [6.07, 6.45) is 5.26. The number of oxazole rings is 1. The topological polar surface area (TPSA) is 55.5 Å². The molecule has 0 aromatic carbocycles. The van der Waals surface area contributed by atoms with Gasteiger partial charge in [0.2, 0.25) is 0 Å². The molecule has 1 aromatic rings. The minimum absolute atomic E-state index is 0.128. The third-order valence-corrected chi connectivity index (χ3v) is 1.23. The Kier molecular flexibility index (Phi) is 3.35. The fourth-order valence-corrected chi connectivity index (χ4v) is 0.643. The maximum absolute atomic E-state index is 8.63. The Labute approximate surface area is 70.5 Å². The maximum atomic E-state index is 8.63. The Bertz CT molecular complexity index is 255. The van der Waals surface area contributed by atoms with Crippen LogP contribution >= 0.6 is 0 Å². The van der Waals surface area contributed by atoms with Crippen LogP contribution in [0.4, 0.5) is 0 Å². The van der Waals surface area contributed by atoms with Gasteiger partial charge in [-0.05, 0) is 6.92 Å². The number of hydrogen-bond acceptors (Lipinski definition) is 4. The van der Waals surface area contributed by atoms with Gasteiger partial charge in [0.25, 0.3) is 0 Å². The van der Waals surface area contributed by atoms with Crippen molar-refractivity contribution in [2.45, 2.75) is 13.5 Å². The van der Waals surface area contributed by atoms with E-state index in [2.05, 4.69) is 4.98 Å². The van der Waals surface area contributed by atoms with Gasteiger partial charge in [0.15, 0.2) is 0 Å². The lowest BCUT2D eigenvalue weighted by molar-refractivity contribution is 0.257. The van der Waals surface area contributed by atoms with Crippen LogP contribution in [0.5, 0.6) is 6.08 Å². The number of rotatable bonds is 4. The van der Waals surface area contributed by atoms with Crippen LogP contribution in [0.25, 0.3) is 0 Å². The molecule has 0 aliphatic rings. The highest BCUT2D eigenvalue weighted by molar-refractivity contribution is 4.98. The molecule has 0 atom stereocenters. The third-order valence-electron chi connectivity index (χ3n) is 1.23. The maximum Gasteiger partial charge on any atom is 0.394 e. The van der Waals surface area contributed by atoms with Crippen molar-refractivity contribution in [3.8, 4) is 6.08 Å². The predicted octanol–water partition coefficient (Wildman–Crippen LogP) is 1.12. The van der Waals surface area contributed by atoms with Crippen LogP contribution in [0, 0.1) is 0 Å². The smallest absolute Gasteiger partial charge is 0.394 e. The molecular weight excluding hydrogens is 158 g/mol. The Morgan fingerprint density at radius 1 is 1.75 bits per heavy atom. The average Bonchev–Trinajstić information content (AvgIpc) is 2.53. The Hall–Kier alpha value is -1.29. The molecule has 1 aromatic heterocycles. The van der Waals surface area contributed by atoms with Crippen molar-refractivity contribution in [2.75, 3.05) is 6.61 Å². The molecule has 0 spiro atoms. The second kappa shape index (κ2) is 4.56. The Balaban J connectivity index is 2.41. The largest absolute Gasteiger partial charge is 0.446 e. The molecule has 0 radical (unpaired) electrons. The van der Waals surface area contributed by atoms with Gasteiger partial charge in [0.1, 0.15) is 18.6 Å². The summed E-state index contributed by atoms with van der Waals surface area (Å²) in [5.41, 5.74) is 0.477. The Morgan fingerprint density at radius 2 is 2.58 bits per heavy atom. The second-order valence-corrected chi connectivity index (χ2v) is 2.14. The number of aromatic nitrogens is 1. The van der Waals surface area contributed by atoms with Crippen LogP contribution in [0.3, 0.4) is 0 Å². The summed E-state index contributed by atoms with van der Waals surface area (Å²) < 4.78 is 9.93. The number of nitrogens with zero attached hydrogens (tertiary/aromatic N) is 1. The molecule has 0 aliphatic carbocycles. The molecule has 0 saturated heterocycles. The van der Waals surface area contributed by atoms with Gasteiger partial charge in [-0.2, -0.15) is 4.98 Å². The summed E-state index contributed by atoms with van der Waals surface area (Å²) in [6, 6.07) is 0. The quantitative estimate of drug-likeness (QED) is 0.686. The molecule has 1 N–H and O–H groups in total. The summed E-state index contributed by atoms with van der Waals surface area (Å²) >= 11 is 0. The first kappa shape index (κ1) is 8.80. The van der Waals surface area contributed by atoms with E-state index < -0.39 is 0 Å². The third kappa shape index (κ3) is 2.39. The minimum Gasteiger partial charge on any atom is -0.446 e. The van der Waals surface area contributed by atoms with Gasteiger partial charge in [0.05, 0.1) is 6.61 Å². The van der Waals surface area contributed by atoms with E-state index >= 15 is 0 Å². The van der Waals surface area contributed by atoms with Gasteiger partial charge < -0.3 is 14.3 Å². The fraction of sp³-hybridized carbons (Fsp3) is 0.375. The molecule has 0 saturated carbocycles. The molecule has 12 heavy (non-hydrogen) atoms. The van der Waals surface area contributed by atoms with E-state index in [1.54, 1.807) is 0 Å². The van der Waals surface area contributed by atoms with Crippen molar-refractivity contribution in [3.05, 3.63) is 24.1 Å². The van der Waals surface area contributed by atoms with Crippen molar-refractivity contribution in [1.82, 2.24) is 4.98 Å². The van der Waals surface area contributed by atoms with Gasteiger partial charge in [-0.15, -0.1) is 0 Å². The van der Waals surface area contributed by atoms with Crippen LogP contribution in [0.2, 0.25) is 0 Å². The van der Waals surface area contributed by atoms with E-state index in [9.17, 15) is 0 Å². The molecular formula is C8H11NO3. The SMILES string of the molecule is C/C=C/COc1nc(CO)co1. The molecule has 0 amide bonds. The van der Waals surface area contributed by atoms with E-state index in [-0.39, 0.29) is 12.7 Å². The normalized spacial score (nSPS) is 10.8. The zero-order valence-corrected chi connectivity index (χ0v) is 6.86. The lowest BCUT2D eigenvalue weighted by Gasteiger charge is -1.93. The van der Waals surface area contributed by atoms with Crippen molar-refractivity contribution >= 4 is 0 Å². The summed E-state index contributed by atoms with van der Waals surface area (Å²) in [6.45, 7) is 2.20. The molecule has 1 rings (SSSR count). The highest BCUT2D eigenvalue weighted by Gasteiger charge is 2.01. The first-order valence-corrected chi connectivity index (χ1v) is 3.66. The second-order valence-electron chi connectivity index (χ2n) is 2.14. The van der Waals surface area contributed by atoms with Crippen LogP contribution in [0.15, 0.2) is 22.8 Å². The Morgan fingerprint density at radius 3 is 3.17 bits per heavy atom. The van der Waals surface area contributed by atoms with Crippen LogP contribution in [-0.4, -0.2) is 16.7 Å². The van der Waals surface area contributed by atoms with Crippen molar-refractivity contribution < 1.29 is 14.3 Å². The molecule has 4 nitrogen and oxygen atoms in total. The summed E-state index contributed by atoms with van der Waals surface area (Å²) in [5.74, 6) is 0. The number of hydrogen-bond donors (Lipinski definition) is 1. The van der Waals surface area contributed by atoms with E-state index in [4.69, 9.17) is 14.3 Å². The first-order valence-electron chi connectivity index (χ1n) is 3.66. The summed E-state index contributed by atoms with van der Waals surface area (Å²) in [4.78, 5) is 3.83. The zero-order chi connectivity index (χ0) is 8.81. The van der Waals surface area contributed by atoms with Crippen molar-refractivity contribution in [2.24, 2.45) is 0 Å². The van der Waals surface area contributed by atoms with Crippen molar-refractivity contribution in [1.29, 1.82) is 0 Å². The van der Waals surface area contributed by atoms with Gasteiger partial charge in [-0.1, -0.05) is 12.2 Å². The standard InChI is InChI=1S/C8H11NO3/c1-2-3-4-11-8-9-7(5-10)6-12-8/h2-3,6,10H,4-5H2,1H3/b3-2+. The average molecular weight is 169 g/mol. The number of aliphatic hydroxyl groups excluding tert-OH is 1. The van der Waals surface area contributed by atoms with Crippen LogP contribution in [-0.2, 0) is 6.61 Å². The van der Waals surface area contributed by atoms with E-state index in [1.165, 1.54) is 6.26 Å². The van der Waals surface area contributed by atoms with Gasteiger partial charge in [0, 0.05) is 0 Å². The molecule has 0 bridgehead atoms. The molecule has 0 fully saturated rings. The highest BCUT2D eigenvalue weighted by atomic mass is 16.6. The molecule has 66 valence electrons. The summed E-state index contributed by atoms with van der Waals surface area (Å²) in [7, 11) is 0. The lowest BCUT2D eigenvalue weighted by atomic mass is 10.5. The molecule has 4 heteroatoms. The monoisotopic (exact) mass is 169 g/mol. The highest BCUT2D eigenvalue weighted by Crippen LogP contribution is 2.09.